The maximum absolute atomic E-state index is 12.7. The van der Waals surface area contributed by atoms with Crippen LogP contribution in [0.25, 0.3) is 0 Å². The van der Waals surface area contributed by atoms with E-state index in [0.717, 1.165) is 23.8 Å². The van der Waals surface area contributed by atoms with Crippen molar-refractivity contribution >= 4 is 10.0 Å². The largest absolute Gasteiger partial charge is 0.416 e. The number of rotatable bonds is 4. The van der Waals surface area contributed by atoms with E-state index in [-0.39, 0.29) is 0 Å². The van der Waals surface area contributed by atoms with E-state index in [2.05, 4.69) is 4.72 Å². The molecule has 0 aliphatic rings. The molecule has 0 heterocycles. The molecule has 7 heteroatoms. The molecule has 0 saturated heterocycles. The van der Waals surface area contributed by atoms with Gasteiger partial charge in [0.2, 0.25) is 10.0 Å². The summed E-state index contributed by atoms with van der Waals surface area (Å²) in [4.78, 5) is -0.412. The zero-order valence-corrected chi connectivity index (χ0v) is 12.4. The van der Waals surface area contributed by atoms with Crippen LogP contribution in [0.3, 0.4) is 0 Å². The van der Waals surface area contributed by atoms with Gasteiger partial charge in [0, 0.05) is 6.04 Å². The van der Waals surface area contributed by atoms with Crippen molar-refractivity contribution in [3.05, 3.63) is 65.7 Å². The molecule has 3 nitrogen and oxygen atoms in total. The average molecular weight is 329 g/mol. The molecule has 118 valence electrons. The summed E-state index contributed by atoms with van der Waals surface area (Å²) in [6, 6.07) is 11.9. The van der Waals surface area contributed by atoms with Gasteiger partial charge in [0.25, 0.3) is 0 Å². The lowest BCUT2D eigenvalue weighted by molar-refractivity contribution is -0.137. The minimum absolute atomic E-state index is 0.412. The second kappa shape index (κ2) is 6.10. The van der Waals surface area contributed by atoms with E-state index >= 15 is 0 Å². The van der Waals surface area contributed by atoms with Gasteiger partial charge in [-0.05, 0) is 30.7 Å². The van der Waals surface area contributed by atoms with Gasteiger partial charge >= 0.3 is 6.18 Å². The van der Waals surface area contributed by atoms with Crippen LogP contribution in [0, 0.1) is 0 Å². The molecule has 1 atom stereocenters. The van der Waals surface area contributed by atoms with E-state index < -0.39 is 32.7 Å². The molecule has 2 rings (SSSR count). The standard InChI is InChI=1S/C15H14F3NO2S/c1-11(12-6-3-2-4-7-12)19-22(20,21)14-9-5-8-13(10-14)15(16,17)18/h2-11,19H,1H3. The first-order valence-corrected chi connectivity index (χ1v) is 7.93. The van der Waals surface area contributed by atoms with Crippen molar-refractivity contribution in [3.8, 4) is 0 Å². The minimum atomic E-state index is -4.59. The molecule has 0 amide bonds. The molecule has 0 bridgehead atoms. The van der Waals surface area contributed by atoms with Crippen molar-refractivity contribution in [2.75, 3.05) is 0 Å². The molecular formula is C15H14F3NO2S. The Morgan fingerprint density at radius 1 is 1.00 bits per heavy atom. The van der Waals surface area contributed by atoms with E-state index in [1.807, 2.05) is 0 Å². The molecule has 0 spiro atoms. The number of halogens is 3. The van der Waals surface area contributed by atoms with E-state index in [1.165, 1.54) is 0 Å². The molecule has 0 fully saturated rings. The van der Waals surface area contributed by atoms with Gasteiger partial charge in [0.15, 0.2) is 0 Å². The van der Waals surface area contributed by atoms with E-state index in [9.17, 15) is 21.6 Å². The van der Waals surface area contributed by atoms with Crippen molar-refractivity contribution in [2.45, 2.75) is 24.0 Å². The number of nitrogens with one attached hydrogen (secondary N) is 1. The van der Waals surface area contributed by atoms with Gasteiger partial charge in [-0.15, -0.1) is 0 Å². The highest BCUT2D eigenvalue weighted by atomic mass is 32.2. The van der Waals surface area contributed by atoms with Crippen LogP contribution < -0.4 is 4.72 Å². The molecule has 22 heavy (non-hydrogen) atoms. The van der Waals surface area contributed by atoms with Crippen molar-refractivity contribution in [1.29, 1.82) is 0 Å². The summed E-state index contributed by atoms with van der Waals surface area (Å²) < 4.78 is 64.8. The molecule has 0 radical (unpaired) electrons. The normalized spacial score (nSPS) is 13.8. The van der Waals surface area contributed by atoms with Crippen LogP contribution >= 0.6 is 0 Å². The highest BCUT2D eigenvalue weighted by molar-refractivity contribution is 7.89. The molecule has 0 aliphatic carbocycles. The molecule has 0 saturated carbocycles. The minimum Gasteiger partial charge on any atom is -0.207 e. The molecule has 2 aromatic carbocycles. The van der Waals surface area contributed by atoms with Gasteiger partial charge in [-0.2, -0.15) is 13.2 Å². The van der Waals surface area contributed by atoms with Crippen molar-refractivity contribution < 1.29 is 21.6 Å². The van der Waals surface area contributed by atoms with Gasteiger partial charge in [-0.1, -0.05) is 36.4 Å². The Morgan fingerprint density at radius 2 is 1.64 bits per heavy atom. The number of alkyl halides is 3. The number of sulfonamides is 1. The third kappa shape index (κ3) is 3.86. The van der Waals surface area contributed by atoms with Crippen molar-refractivity contribution in [1.82, 2.24) is 4.72 Å². The lowest BCUT2D eigenvalue weighted by atomic mass is 10.1. The van der Waals surface area contributed by atoms with E-state index in [4.69, 9.17) is 0 Å². The summed E-state index contributed by atoms with van der Waals surface area (Å²) in [5.41, 5.74) is -0.277. The number of hydrogen-bond donors (Lipinski definition) is 1. The lowest BCUT2D eigenvalue weighted by Crippen LogP contribution is -2.27. The molecule has 1 N–H and O–H groups in total. The molecule has 0 aromatic heterocycles. The summed E-state index contributed by atoms with van der Waals surface area (Å²) >= 11 is 0. The Bertz CT molecular complexity index is 743. The SMILES string of the molecule is CC(NS(=O)(=O)c1cccc(C(F)(F)F)c1)c1ccccc1. The Labute approximate surface area is 126 Å². The first-order valence-electron chi connectivity index (χ1n) is 6.45. The molecule has 1 unspecified atom stereocenters. The predicted molar refractivity (Wildman–Crippen MR) is 76.6 cm³/mol. The third-order valence-corrected chi connectivity index (χ3v) is 4.64. The highest BCUT2D eigenvalue weighted by Crippen LogP contribution is 2.30. The fourth-order valence-corrected chi connectivity index (χ4v) is 3.23. The summed E-state index contributed by atoms with van der Waals surface area (Å²) in [5.74, 6) is 0. The quantitative estimate of drug-likeness (QED) is 0.929. The maximum atomic E-state index is 12.7. The topological polar surface area (TPSA) is 46.2 Å². The summed E-state index contributed by atoms with van der Waals surface area (Å²) in [6.45, 7) is 1.63. The zero-order valence-electron chi connectivity index (χ0n) is 11.6. The first-order chi connectivity index (χ1) is 10.2. The second-order valence-electron chi connectivity index (χ2n) is 4.78. The Balaban J connectivity index is 2.28. The smallest absolute Gasteiger partial charge is 0.207 e. The highest BCUT2D eigenvalue weighted by Gasteiger charge is 2.31. The van der Waals surface area contributed by atoms with Gasteiger partial charge in [0.05, 0.1) is 10.5 Å². The van der Waals surface area contributed by atoms with Crippen LogP contribution in [-0.4, -0.2) is 8.42 Å². The summed E-state index contributed by atoms with van der Waals surface area (Å²) in [6.07, 6.45) is -4.59. The molecule has 2 aromatic rings. The van der Waals surface area contributed by atoms with Crippen LogP contribution in [0.5, 0.6) is 0 Å². The lowest BCUT2D eigenvalue weighted by Gasteiger charge is -2.15. The van der Waals surface area contributed by atoms with Crippen LogP contribution in [0.1, 0.15) is 24.1 Å². The molecule has 0 aliphatic heterocycles. The third-order valence-electron chi connectivity index (χ3n) is 3.10. The van der Waals surface area contributed by atoms with Gasteiger partial charge < -0.3 is 0 Å². The zero-order chi connectivity index (χ0) is 16.4. The Kier molecular flexibility index (Phi) is 4.58. The van der Waals surface area contributed by atoms with E-state index in [1.54, 1.807) is 37.3 Å². The second-order valence-corrected chi connectivity index (χ2v) is 6.49. The Morgan fingerprint density at radius 3 is 2.23 bits per heavy atom. The monoisotopic (exact) mass is 329 g/mol. The fraction of sp³-hybridized carbons (Fsp3) is 0.200. The van der Waals surface area contributed by atoms with E-state index in [0.29, 0.717) is 6.07 Å². The number of benzene rings is 2. The predicted octanol–water partition coefficient (Wildman–Crippen LogP) is 3.74. The van der Waals surface area contributed by atoms with Gasteiger partial charge in [-0.3, -0.25) is 0 Å². The molecular weight excluding hydrogens is 315 g/mol. The van der Waals surface area contributed by atoms with Crippen LogP contribution in [0.2, 0.25) is 0 Å². The van der Waals surface area contributed by atoms with Crippen LogP contribution in [-0.2, 0) is 16.2 Å². The first kappa shape index (κ1) is 16.5. The Hall–Kier alpha value is -1.86. The average Bonchev–Trinajstić information content (AvgIpc) is 2.47. The van der Waals surface area contributed by atoms with Crippen molar-refractivity contribution in [2.24, 2.45) is 0 Å². The fourth-order valence-electron chi connectivity index (χ4n) is 1.95. The maximum Gasteiger partial charge on any atom is 0.416 e. The van der Waals surface area contributed by atoms with Crippen LogP contribution in [0.4, 0.5) is 13.2 Å². The van der Waals surface area contributed by atoms with Gasteiger partial charge in [0.1, 0.15) is 0 Å². The van der Waals surface area contributed by atoms with Crippen LogP contribution in [0.15, 0.2) is 59.5 Å². The van der Waals surface area contributed by atoms with Crippen molar-refractivity contribution in [3.63, 3.8) is 0 Å². The summed E-state index contributed by atoms with van der Waals surface area (Å²) in [5, 5.41) is 0. The van der Waals surface area contributed by atoms with Gasteiger partial charge in [-0.25, -0.2) is 13.1 Å². The summed E-state index contributed by atoms with van der Waals surface area (Å²) in [7, 11) is -4.04. The number of hydrogen-bond acceptors (Lipinski definition) is 2.